The number of esters is 2. The first kappa shape index (κ1) is 54.9. The molecule has 0 saturated heterocycles. The first-order chi connectivity index (χ1) is 40.4. The fourth-order valence-electron chi connectivity index (χ4n) is 11.5. The maximum atomic E-state index is 13.3. The minimum absolute atomic E-state index is 0.166. The maximum absolute atomic E-state index is 13.3. The highest BCUT2D eigenvalue weighted by Gasteiger charge is 2.32. The molecule has 0 N–H and O–H groups in total. The third-order valence-corrected chi connectivity index (χ3v) is 16.0. The van der Waals surface area contributed by atoms with Gasteiger partial charge in [-0.05, 0) is 177 Å². The van der Waals surface area contributed by atoms with Gasteiger partial charge in [0.25, 0.3) is 0 Å². The van der Waals surface area contributed by atoms with Crippen LogP contribution < -0.4 is 9.80 Å². The molecule has 0 fully saturated rings. The van der Waals surface area contributed by atoms with Gasteiger partial charge in [-0.1, -0.05) is 210 Å². The van der Waals surface area contributed by atoms with Gasteiger partial charge >= 0.3 is 11.9 Å². The molecule has 10 aromatic rings. The first-order valence-electron chi connectivity index (χ1n) is 29.6. The van der Waals surface area contributed by atoms with E-state index >= 15 is 0 Å². The highest BCUT2D eigenvalue weighted by molar-refractivity contribution is 5.89. The Labute approximate surface area is 484 Å². The molecule has 0 bridgehead atoms. The van der Waals surface area contributed by atoms with E-state index < -0.39 is 6.10 Å². The summed E-state index contributed by atoms with van der Waals surface area (Å²) in [5.41, 5.74) is 17.0. The van der Waals surface area contributed by atoms with E-state index in [-0.39, 0.29) is 18.0 Å². The Hall–Kier alpha value is -9.00. The summed E-state index contributed by atoms with van der Waals surface area (Å²) in [4.78, 5) is 31.1. The number of nitrogens with zero attached hydrogens (tertiary/aromatic N) is 2. The van der Waals surface area contributed by atoms with Gasteiger partial charge in [-0.15, -0.1) is 0 Å². The van der Waals surface area contributed by atoms with Gasteiger partial charge in [0.2, 0.25) is 0 Å². The fraction of sp³-hybridized carbons (Fsp3) is 0.211. The summed E-state index contributed by atoms with van der Waals surface area (Å²) in [5, 5.41) is 2.45. The van der Waals surface area contributed by atoms with Gasteiger partial charge in [0.15, 0.2) is 0 Å². The number of carbonyl (C=O) groups is 2. The van der Waals surface area contributed by atoms with Crippen LogP contribution in [0.4, 0.5) is 34.1 Å². The van der Waals surface area contributed by atoms with Crippen molar-refractivity contribution in [3.63, 3.8) is 0 Å². The topological polar surface area (TPSA) is 59.1 Å². The number of benzene rings is 10. The van der Waals surface area contributed by atoms with E-state index in [1.165, 1.54) is 21.9 Å². The molecule has 0 saturated carbocycles. The molecular formula is C76H72N2O4. The summed E-state index contributed by atoms with van der Waals surface area (Å²) in [6.45, 7) is 4.34. The van der Waals surface area contributed by atoms with Gasteiger partial charge in [0, 0.05) is 47.0 Å². The second kappa shape index (κ2) is 26.5. The molecule has 0 heterocycles. The molecule has 2 atom stereocenters. The molecule has 410 valence electrons. The van der Waals surface area contributed by atoms with E-state index in [1.54, 1.807) is 0 Å². The molecular weight excluding hydrogens is 1000 g/mol. The number of carbonyl (C=O) groups excluding carboxylic acids is 2. The third-order valence-electron chi connectivity index (χ3n) is 16.0. The van der Waals surface area contributed by atoms with Crippen LogP contribution in [0, 0.1) is 0 Å². The lowest BCUT2D eigenvalue weighted by molar-refractivity contribution is -0.156. The van der Waals surface area contributed by atoms with Gasteiger partial charge in [0.05, 0.1) is 0 Å². The van der Waals surface area contributed by atoms with Crippen LogP contribution in [0.3, 0.4) is 0 Å². The minimum Gasteiger partial charge on any atom is -0.457 e. The minimum atomic E-state index is -0.413. The van der Waals surface area contributed by atoms with Crippen LogP contribution in [-0.2, 0) is 19.1 Å². The first-order valence-corrected chi connectivity index (χ1v) is 29.6. The van der Waals surface area contributed by atoms with Crippen molar-refractivity contribution in [1.82, 2.24) is 0 Å². The molecule has 1 aliphatic rings. The molecule has 1 aliphatic carbocycles. The van der Waals surface area contributed by atoms with Crippen LogP contribution in [0.15, 0.2) is 243 Å². The monoisotopic (exact) mass is 1080 g/mol. The number of ether oxygens (including phenoxy) is 2. The van der Waals surface area contributed by atoms with Crippen molar-refractivity contribution in [2.45, 2.75) is 103 Å². The summed E-state index contributed by atoms with van der Waals surface area (Å²) in [7, 11) is 0. The summed E-state index contributed by atoms with van der Waals surface area (Å²) in [6, 6.07) is 86.6. The second-order valence-electron chi connectivity index (χ2n) is 21.7. The summed E-state index contributed by atoms with van der Waals surface area (Å²) < 4.78 is 12.4. The SMILES string of the molecule is CCCCCCC(=O)OC1CCC(OC(=O)CCCCCC)c2cc(-c3ccc(N(c4ccc(-c5ccccc5)cc4)c4ccc(N(c5ccc(-c6ccccc6)cc5)c5ccc(-c6ccc7ccccc7c6)cc5)cc4)cc3)ccc21. The Morgan fingerprint density at radius 1 is 0.329 bits per heavy atom. The molecule has 82 heavy (non-hydrogen) atoms. The number of anilines is 6. The molecule has 0 aliphatic heterocycles. The van der Waals surface area contributed by atoms with Crippen molar-refractivity contribution in [2.24, 2.45) is 0 Å². The van der Waals surface area contributed by atoms with E-state index in [4.69, 9.17) is 9.47 Å². The zero-order valence-corrected chi connectivity index (χ0v) is 47.3. The van der Waals surface area contributed by atoms with Crippen LogP contribution in [0.5, 0.6) is 0 Å². The lowest BCUT2D eigenvalue weighted by Gasteiger charge is -2.31. The van der Waals surface area contributed by atoms with Crippen LogP contribution in [0.25, 0.3) is 55.3 Å². The Morgan fingerprint density at radius 2 is 0.659 bits per heavy atom. The van der Waals surface area contributed by atoms with Crippen molar-refractivity contribution < 1.29 is 19.1 Å². The van der Waals surface area contributed by atoms with Crippen LogP contribution in [0.1, 0.15) is 114 Å². The van der Waals surface area contributed by atoms with E-state index in [1.807, 2.05) is 6.07 Å². The van der Waals surface area contributed by atoms with Crippen molar-refractivity contribution >= 4 is 56.8 Å². The quantitative estimate of drug-likeness (QED) is 0.0498. The molecule has 6 nitrogen and oxygen atoms in total. The lowest BCUT2D eigenvalue weighted by Crippen LogP contribution is -2.22. The number of unbranched alkanes of at least 4 members (excludes halogenated alkanes) is 6. The maximum Gasteiger partial charge on any atom is 0.306 e. The smallest absolute Gasteiger partial charge is 0.306 e. The second-order valence-corrected chi connectivity index (χ2v) is 21.7. The van der Waals surface area contributed by atoms with E-state index in [2.05, 4.69) is 260 Å². The van der Waals surface area contributed by atoms with E-state index in [0.717, 1.165) is 130 Å². The highest BCUT2D eigenvalue weighted by atomic mass is 16.6. The van der Waals surface area contributed by atoms with Crippen molar-refractivity contribution in [2.75, 3.05) is 9.80 Å². The predicted molar refractivity (Wildman–Crippen MR) is 339 cm³/mol. The normalized spacial score (nSPS) is 13.7. The van der Waals surface area contributed by atoms with Crippen molar-refractivity contribution in [3.8, 4) is 44.5 Å². The molecule has 0 spiro atoms. The zero-order valence-electron chi connectivity index (χ0n) is 47.3. The van der Waals surface area contributed by atoms with Crippen LogP contribution in [0.2, 0.25) is 0 Å². The van der Waals surface area contributed by atoms with E-state index in [0.29, 0.717) is 25.7 Å². The Bertz CT molecular complexity index is 3690. The zero-order chi connectivity index (χ0) is 56.0. The summed E-state index contributed by atoms with van der Waals surface area (Å²) in [5.74, 6) is -0.337. The molecule has 11 rings (SSSR count). The molecule has 2 unspecified atom stereocenters. The van der Waals surface area contributed by atoms with Gasteiger partial charge in [0.1, 0.15) is 12.2 Å². The number of hydrogen-bond donors (Lipinski definition) is 0. The Morgan fingerprint density at radius 3 is 1.09 bits per heavy atom. The Balaban J connectivity index is 0.920. The number of fused-ring (bicyclic) bond motifs is 2. The van der Waals surface area contributed by atoms with Gasteiger partial charge in [-0.25, -0.2) is 0 Å². The Kier molecular flexibility index (Phi) is 17.8. The third kappa shape index (κ3) is 13.1. The van der Waals surface area contributed by atoms with Gasteiger partial charge < -0.3 is 19.3 Å². The molecule has 10 aromatic carbocycles. The van der Waals surface area contributed by atoms with Crippen LogP contribution in [-0.4, -0.2) is 11.9 Å². The number of hydrogen-bond acceptors (Lipinski definition) is 6. The lowest BCUT2D eigenvalue weighted by atomic mass is 9.85. The molecule has 6 heteroatoms. The molecule has 0 amide bonds. The van der Waals surface area contributed by atoms with Crippen LogP contribution >= 0.6 is 0 Å². The number of rotatable bonds is 22. The average molecular weight is 1080 g/mol. The standard InChI is InChI=1S/C76H72N2O4/c1-3-5-7-15-25-75(79)81-73-51-52-74(82-76(80)26-16-8-6-4-2)72-54-64(37-50-71(72)73)61-35-44-68(45-36-61)78(66-40-31-59(32-41-66)56-21-13-10-14-22-56)70-48-46-69(47-49-70)77(65-38-29-58(30-39-65)55-19-11-9-12-20-55)67-42-33-60(34-43-67)63-28-27-57-23-17-18-24-62(57)53-63/h9-14,17-24,27-50,53-54,73-74H,3-8,15-16,25-26,51-52H2,1-2H3. The van der Waals surface area contributed by atoms with Gasteiger partial charge in [-0.3, -0.25) is 9.59 Å². The van der Waals surface area contributed by atoms with E-state index in [9.17, 15) is 9.59 Å². The summed E-state index contributed by atoms with van der Waals surface area (Å²) in [6.07, 6.45) is 9.33. The van der Waals surface area contributed by atoms with Gasteiger partial charge in [-0.2, -0.15) is 0 Å². The molecule has 0 aromatic heterocycles. The average Bonchev–Trinajstić information content (AvgIpc) is 3.72. The fourth-order valence-corrected chi connectivity index (χ4v) is 11.5. The predicted octanol–water partition coefficient (Wildman–Crippen LogP) is 21.4. The van der Waals surface area contributed by atoms with Crippen molar-refractivity contribution in [1.29, 1.82) is 0 Å². The molecule has 0 radical (unpaired) electrons. The largest absolute Gasteiger partial charge is 0.457 e. The van der Waals surface area contributed by atoms with Crippen molar-refractivity contribution in [3.05, 3.63) is 254 Å². The summed E-state index contributed by atoms with van der Waals surface area (Å²) >= 11 is 0. The highest BCUT2D eigenvalue weighted by Crippen LogP contribution is 2.45.